The summed E-state index contributed by atoms with van der Waals surface area (Å²) in [5.74, 6) is 0.723. The number of hydrazone groups is 1. The number of non-ortho nitro benzene ring substituents is 1. The number of nitro groups is 1. The molecular formula is C15H14ClN3O5. The SMILES string of the molecule is COc1cc(N/N=C/c2cc([N+](=O)[O-])ccc2O)c(OC)cc1Cl. The summed E-state index contributed by atoms with van der Waals surface area (Å²) in [5.41, 5.74) is 3.23. The molecule has 0 bridgehead atoms. The molecule has 0 fully saturated rings. The number of phenolic OH excluding ortho intramolecular Hbond substituents is 1. The van der Waals surface area contributed by atoms with Gasteiger partial charge in [-0.1, -0.05) is 11.6 Å². The number of nitro benzene ring substituents is 1. The lowest BCUT2D eigenvalue weighted by molar-refractivity contribution is -0.384. The number of halogens is 1. The molecule has 2 aromatic rings. The molecule has 0 aliphatic carbocycles. The van der Waals surface area contributed by atoms with Crippen LogP contribution in [-0.2, 0) is 0 Å². The van der Waals surface area contributed by atoms with Crippen molar-refractivity contribution in [3.8, 4) is 17.2 Å². The van der Waals surface area contributed by atoms with Gasteiger partial charge in [-0.25, -0.2) is 0 Å². The summed E-state index contributed by atoms with van der Waals surface area (Å²) in [6, 6.07) is 6.79. The maximum atomic E-state index is 10.8. The van der Waals surface area contributed by atoms with E-state index in [0.717, 1.165) is 0 Å². The first-order chi connectivity index (χ1) is 11.5. The van der Waals surface area contributed by atoms with E-state index in [9.17, 15) is 15.2 Å². The summed E-state index contributed by atoms with van der Waals surface area (Å²) in [4.78, 5) is 10.2. The van der Waals surface area contributed by atoms with Crippen molar-refractivity contribution in [3.63, 3.8) is 0 Å². The summed E-state index contributed by atoms with van der Waals surface area (Å²) in [6.45, 7) is 0. The van der Waals surface area contributed by atoms with E-state index in [2.05, 4.69) is 10.5 Å². The maximum absolute atomic E-state index is 10.8. The summed E-state index contributed by atoms with van der Waals surface area (Å²) >= 11 is 6.01. The third-order valence-corrected chi connectivity index (χ3v) is 3.38. The standard InChI is InChI=1S/C15H14ClN3O5/c1-23-14-7-12(15(24-2)6-11(14)16)18-17-8-9-5-10(19(21)22)3-4-13(9)20/h3-8,18,20H,1-2H3/b17-8+. The van der Waals surface area contributed by atoms with Crippen LogP contribution in [-0.4, -0.2) is 30.5 Å². The molecule has 0 saturated carbocycles. The van der Waals surface area contributed by atoms with Crippen LogP contribution in [0.3, 0.4) is 0 Å². The predicted molar refractivity (Wildman–Crippen MR) is 90.5 cm³/mol. The highest BCUT2D eigenvalue weighted by Gasteiger charge is 2.10. The van der Waals surface area contributed by atoms with Gasteiger partial charge >= 0.3 is 0 Å². The summed E-state index contributed by atoms with van der Waals surface area (Å²) in [6.07, 6.45) is 1.25. The first-order valence-corrected chi connectivity index (χ1v) is 7.02. The van der Waals surface area contributed by atoms with Crippen molar-refractivity contribution in [1.29, 1.82) is 0 Å². The number of benzene rings is 2. The summed E-state index contributed by atoms with van der Waals surface area (Å²) in [7, 11) is 2.95. The van der Waals surface area contributed by atoms with Crippen LogP contribution in [0.15, 0.2) is 35.4 Å². The Kier molecular flexibility index (Phi) is 5.43. The monoisotopic (exact) mass is 351 g/mol. The van der Waals surface area contributed by atoms with E-state index in [-0.39, 0.29) is 17.0 Å². The zero-order valence-corrected chi connectivity index (χ0v) is 13.6. The number of anilines is 1. The fraction of sp³-hybridized carbons (Fsp3) is 0.133. The summed E-state index contributed by atoms with van der Waals surface area (Å²) < 4.78 is 10.3. The number of rotatable bonds is 6. The van der Waals surface area contributed by atoms with E-state index in [1.54, 1.807) is 12.1 Å². The van der Waals surface area contributed by atoms with Crippen molar-refractivity contribution in [1.82, 2.24) is 0 Å². The zero-order chi connectivity index (χ0) is 17.7. The Labute approximate surface area is 142 Å². The van der Waals surface area contributed by atoms with Crippen LogP contribution in [0.1, 0.15) is 5.56 Å². The van der Waals surface area contributed by atoms with E-state index in [0.29, 0.717) is 22.2 Å². The largest absolute Gasteiger partial charge is 0.507 e. The molecule has 2 N–H and O–H groups in total. The number of nitrogens with one attached hydrogen (secondary N) is 1. The van der Waals surface area contributed by atoms with Gasteiger partial charge in [0, 0.05) is 29.8 Å². The number of phenols is 1. The molecule has 24 heavy (non-hydrogen) atoms. The second kappa shape index (κ2) is 7.51. The fourth-order valence-corrected chi connectivity index (χ4v) is 2.11. The van der Waals surface area contributed by atoms with Gasteiger partial charge < -0.3 is 14.6 Å². The first kappa shape index (κ1) is 17.4. The smallest absolute Gasteiger partial charge is 0.270 e. The molecule has 126 valence electrons. The molecule has 0 heterocycles. The van der Waals surface area contributed by atoms with Gasteiger partial charge in [-0.15, -0.1) is 0 Å². The maximum Gasteiger partial charge on any atom is 0.270 e. The van der Waals surface area contributed by atoms with E-state index in [1.807, 2.05) is 0 Å². The third-order valence-electron chi connectivity index (χ3n) is 3.08. The van der Waals surface area contributed by atoms with Gasteiger partial charge in [-0.05, 0) is 6.07 Å². The van der Waals surface area contributed by atoms with E-state index < -0.39 is 4.92 Å². The van der Waals surface area contributed by atoms with Gasteiger partial charge in [-0.2, -0.15) is 5.10 Å². The van der Waals surface area contributed by atoms with Crippen molar-refractivity contribution < 1.29 is 19.5 Å². The van der Waals surface area contributed by atoms with Crippen LogP contribution in [0.5, 0.6) is 17.2 Å². The Morgan fingerprint density at radius 1 is 1.25 bits per heavy atom. The quantitative estimate of drug-likeness (QED) is 0.469. The lowest BCUT2D eigenvalue weighted by atomic mass is 10.2. The Morgan fingerprint density at radius 3 is 2.58 bits per heavy atom. The molecule has 0 aromatic heterocycles. The van der Waals surface area contributed by atoms with Gasteiger partial charge in [0.15, 0.2) is 0 Å². The highest BCUT2D eigenvalue weighted by atomic mass is 35.5. The molecule has 0 radical (unpaired) electrons. The molecule has 0 atom stereocenters. The molecule has 9 heteroatoms. The molecule has 2 rings (SSSR count). The number of aromatic hydroxyl groups is 1. The Bertz CT molecular complexity index is 795. The van der Waals surface area contributed by atoms with Crippen molar-refractivity contribution >= 4 is 29.2 Å². The highest BCUT2D eigenvalue weighted by molar-refractivity contribution is 6.32. The second-order valence-corrected chi connectivity index (χ2v) is 4.96. The van der Waals surface area contributed by atoms with Crippen molar-refractivity contribution in [2.75, 3.05) is 19.6 Å². The van der Waals surface area contributed by atoms with E-state index in [4.69, 9.17) is 21.1 Å². The van der Waals surface area contributed by atoms with Gasteiger partial charge in [0.1, 0.15) is 22.9 Å². The Morgan fingerprint density at radius 2 is 1.96 bits per heavy atom. The molecule has 8 nitrogen and oxygen atoms in total. The molecule has 2 aromatic carbocycles. The molecule has 0 aliphatic rings. The fourth-order valence-electron chi connectivity index (χ4n) is 1.88. The average Bonchev–Trinajstić information content (AvgIpc) is 2.57. The van der Waals surface area contributed by atoms with Gasteiger partial charge in [0.25, 0.3) is 5.69 Å². The Balaban J connectivity index is 2.26. The number of hydrogen-bond acceptors (Lipinski definition) is 7. The average molecular weight is 352 g/mol. The van der Waals surface area contributed by atoms with Crippen LogP contribution < -0.4 is 14.9 Å². The topological polar surface area (TPSA) is 106 Å². The molecule has 0 unspecified atom stereocenters. The van der Waals surface area contributed by atoms with Crippen LogP contribution in [0, 0.1) is 10.1 Å². The molecule has 0 aliphatic heterocycles. The molecule has 0 saturated heterocycles. The van der Waals surface area contributed by atoms with E-state index >= 15 is 0 Å². The molecular weight excluding hydrogens is 338 g/mol. The minimum atomic E-state index is -0.558. The predicted octanol–water partition coefficient (Wildman–Crippen LogP) is 3.42. The highest BCUT2D eigenvalue weighted by Crippen LogP contribution is 2.35. The van der Waals surface area contributed by atoms with Gasteiger partial charge in [0.05, 0.1) is 30.4 Å². The lowest BCUT2D eigenvalue weighted by Crippen LogP contribution is -1.97. The van der Waals surface area contributed by atoms with Gasteiger partial charge in [-0.3, -0.25) is 15.5 Å². The molecule has 0 amide bonds. The van der Waals surface area contributed by atoms with Crippen LogP contribution >= 0.6 is 11.6 Å². The van der Waals surface area contributed by atoms with Crippen molar-refractivity contribution in [2.45, 2.75) is 0 Å². The first-order valence-electron chi connectivity index (χ1n) is 6.64. The Hall–Kier alpha value is -3.00. The van der Waals surface area contributed by atoms with Crippen LogP contribution in [0.4, 0.5) is 11.4 Å². The van der Waals surface area contributed by atoms with E-state index in [1.165, 1.54) is 38.6 Å². The third kappa shape index (κ3) is 3.85. The minimum Gasteiger partial charge on any atom is -0.507 e. The number of methoxy groups -OCH3 is 2. The normalized spacial score (nSPS) is 10.6. The second-order valence-electron chi connectivity index (χ2n) is 4.56. The molecule has 0 spiro atoms. The summed E-state index contributed by atoms with van der Waals surface area (Å²) in [5, 5.41) is 24.8. The lowest BCUT2D eigenvalue weighted by Gasteiger charge is -2.11. The zero-order valence-electron chi connectivity index (χ0n) is 12.8. The number of ether oxygens (including phenoxy) is 2. The van der Waals surface area contributed by atoms with Gasteiger partial charge in [0.2, 0.25) is 0 Å². The van der Waals surface area contributed by atoms with Crippen LogP contribution in [0.2, 0.25) is 5.02 Å². The van der Waals surface area contributed by atoms with Crippen LogP contribution in [0.25, 0.3) is 0 Å². The van der Waals surface area contributed by atoms with Crippen molar-refractivity contribution in [2.24, 2.45) is 5.10 Å². The van der Waals surface area contributed by atoms with Crippen molar-refractivity contribution in [3.05, 3.63) is 51.0 Å². The number of hydrogen-bond donors (Lipinski definition) is 2. The number of nitrogens with zero attached hydrogens (tertiary/aromatic N) is 2. The minimum absolute atomic E-state index is 0.133.